The fraction of sp³-hybridized carbons (Fsp3) is 0.154. The van der Waals surface area contributed by atoms with Crippen molar-refractivity contribution in [2.45, 2.75) is 13.3 Å². The maximum atomic E-state index is 11.5. The van der Waals surface area contributed by atoms with Crippen molar-refractivity contribution in [2.24, 2.45) is 0 Å². The van der Waals surface area contributed by atoms with E-state index >= 15 is 0 Å². The van der Waals surface area contributed by atoms with E-state index in [1.54, 1.807) is 0 Å². The molecule has 0 aliphatic heterocycles. The predicted molar refractivity (Wildman–Crippen MR) is 63.0 cm³/mol. The molecule has 0 spiro atoms. The molecule has 76 valence electrons. The summed E-state index contributed by atoms with van der Waals surface area (Å²) in [6.45, 7) is 1.87. The second-order valence-corrected chi connectivity index (χ2v) is 3.60. The van der Waals surface area contributed by atoms with Crippen LogP contribution in [-0.4, -0.2) is 5.78 Å². The molecular weight excluding hydrogens is 186 g/mol. The number of ketones is 1. The van der Waals surface area contributed by atoms with Gasteiger partial charge < -0.3 is 5.73 Å². The van der Waals surface area contributed by atoms with E-state index in [2.05, 4.69) is 0 Å². The summed E-state index contributed by atoms with van der Waals surface area (Å²) in [4.78, 5) is 11.5. The lowest BCUT2D eigenvalue weighted by Crippen LogP contribution is -1.95. The third kappa shape index (κ3) is 1.84. The summed E-state index contributed by atoms with van der Waals surface area (Å²) in [7, 11) is 0. The number of nitrogen functional groups attached to an aromatic ring is 1. The zero-order valence-electron chi connectivity index (χ0n) is 8.66. The SMILES string of the molecule is CCC(=O)c1ccc2cc(N)ccc2c1. The Morgan fingerprint density at radius 1 is 1.13 bits per heavy atom. The van der Waals surface area contributed by atoms with Crippen LogP contribution in [0.4, 0.5) is 5.69 Å². The highest BCUT2D eigenvalue weighted by Gasteiger charge is 2.03. The first kappa shape index (κ1) is 9.71. The van der Waals surface area contributed by atoms with E-state index in [9.17, 15) is 4.79 Å². The molecule has 2 aromatic rings. The Bertz CT molecular complexity index is 517. The first-order valence-electron chi connectivity index (χ1n) is 5.03. The van der Waals surface area contributed by atoms with E-state index in [-0.39, 0.29) is 5.78 Å². The third-order valence-electron chi connectivity index (χ3n) is 2.51. The summed E-state index contributed by atoms with van der Waals surface area (Å²) in [5.74, 6) is 0.175. The molecular formula is C13H13NO. The fourth-order valence-corrected chi connectivity index (χ4v) is 1.64. The molecule has 15 heavy (non-hydrogen) atoms. The molecule has 0 atom stereocenters. The van der Waals surface area contributed by atoms with E-state index < -0.39 is 0 Å². The van der Waals surface area contributed by atoms with Crippen LogP contribution in [0.3, 0.4) is 0 Å². The van der Waals surface area contributed by atoms with Crippen molar-refractivity contribution in [1.29, 1.82) is 0 Å². The van der Waals surface area contributed by atoms with E-state index in [1.165, 1.54) is 0 Å². The second kappa shape index (κ2) is 3.73. The molecule has 2 N–H and O–H groups in total. The van der Waals surface area contributed by atoms with E-state index in [0.29, 0.717) is 6.42 Å². The molecule has 0 aliphatic rings. The first-order valence-corrected chi connectivity index (χ1v) is 5.03. The van der Waals surface area contributed by atoms with Crippen LogP contribution in [0, 0.1) is 0 Å². The van der Waals surface area contributed by atoms with Gasteiger partial charge in [0.15, 0.2) is 5.78 Å². The standard InChI is InChI=1S/C13H13NO/c1-2-13(15)11-4-3-10-8-12(14)6-5-9(10)7-11/h3-8H,2,14H2,1H3. The Morgan fingerprint density at radius 3 is 2.53 bits per heavy atom. The number of nitrogens with two attached hydrogens (primary N) is 1. The van der Waals surface area contributed by atoms with Gasteiger partial charge >= 0.3 is 0 Å². The Hall–Kier alpha value is -1.83. The molecule has 2 heteroatoms. The Kier molecular flexibility index (Phi) is 2.42. The van der Waals surface area contributed by atoms with Crippen LogP contribution in [0.25, 0.3) is 10.8 Å². The minimum absolute atomic E-state index is 0.175. The topological polar surface area (TPSA) is 43.1 Å². The first-order chi connectivity index (χ1) is 7.20. The number of anilines is 1. The van der Waals surface area contributed by atoms with Gasteiger partial charge in [0, 0.05) is 17.7 Å². The second-order valence-electron chi connectivity index (χ2n) is 3.60. The minimum atomic E-state index is 0.175. The van der Waals surface area contributed by atoms with Crippen molar-refractivity contribution in [1.82, 2.24) is 0 Å². The lowest BCUT2D eigenvalue weighted by Gasteiger charge is -2.02. The molecule has 0 saturated carbocycles. The molecule has 0 aliphatic carbocycles. The number of carbonyl (C=O) groups excluding carboxylic acids is 1. The summed E-state index contributed by atoms with van der Waals surface area (Å²) < 4.78 is 0. The van der Waals surface area contributed by atoms with Gasteiger partial charge in [0.1, 0.15) is 0 Å². The summed E-state index contributed by atoms with van der Waals surface area (Å²) in [5, 5.41) is 2.13. The Balaban J connectivity index is 2.57. The number of hydrogen-bond acceptors (Lipinski definition) is 2. The van der Waals surface area contributed by atoms with Gasteiger partial charge in [0.25, 0.3) is 0 Å². The van der Waals surface area contributed by atoms with Crippen LogP contribution >= 0.6 is 0 Å². The highest BCUT2D eigenvalue weighted by Crippen LogP contribution is 2.19. The highest BCUT2D eigenvalue weighted by atomic mass is 16.1. The zero-order valence-corrected chi connectivity index (χ0v) is 8.66. The Morgan fingerprint density at radius 2 is 1.80 bits per heavy atom. The molecule has 0 saturated heterocycles. The smallest absolute Gasteiger partial charge is 0.162 e. The maximum absolute atomic E-state index is 11.5. The quantitative estimate of drug-likeness (QED) is 0.596. The van der Waals surface area contributed by atoms with Crippen molar-refractivity contribution in [3.05, 3.63) is 42.0 Å². The lowest BCUT2D eigenvalue weighted by atomic mass is 10.0. The van der Waals surface area contributed by atoms with Crippen LogP contribution in [0.1, 0.15) is 23.7 Å². The largest absolute Gasteiger partial charge is 0.399 e. The molecule has 0 amide bonds. The van der Waals surface area contributed by atoms with Crippen LogP contribution in [-0.2, 0) is 0 Å². The molecule has 0 radical (unpaired) electrons. The number of fused-ring (bicyclic) bond motifs is 1. The van der Waals surface area contributed by atoms with Crippen LogP contribution in [0.5, 0.6) is 0 Å². The third-order valence-corrected chi connectivity index (χ3v) is 2.51. The van der Waals surface area contributed by atoms with Gasteiger partial charge in [-0.3, -0.25) is 4.79 Å². The fourth-order valence-electron chi connectivity index (χ4n) is 1.64. The molecule has 0 heterocycles. The molecule has 0 unspecified atom stereocenters. The summed E-state index contributed by atoms with van der Waals surface area (Å²) in [6.07, 6.45) is 0.542. The minimum Gasteiger partial charge on any atom is -0.399 e. The van der Waals surface area contributed by atoms with E-state index in [0.717, 1.165) is 22.0 Å². The van der Waals surface area contributed by atoms with Crippen molar-refractivity contribution in [2.75, 3.05) is 5.73 Å². The maximum Gasteiger partial charge on any atom is 0.162 e. The van der Waals surface area contributed by atoms with Crippen molar-refractivity contribution >= 4 is 22.2 Å². The summed E-state index contributed by atoms with van der Waals surface area (Å²) in [5.41, 5.74) is 7.20. The predicted octanol–water partition coefficient (Wildman–Crippen LogP) is 3.01. The van der Waals surface area contributed by atoms with Gasteiger partial charge in [-0.1, -0.05) is 25.1 Å². The number of benzene rings is 2. The van der Waals surface area contributed by atoms with Gasteiger partial charge in [-0.15, -0.1) is 0 Å². The average molecular weight is 199 g/mol. The molecule has 2 nitrogen and oxygen atoms in total. The highest BCUT2D eigenvalue weighted by molar-refractivity contribution is 6.00. The molecule has 0 bridgehead atoms. The van der Waals surface area contributed by atoms with Gasteiger partial charge in [0.2, 0.25) is 0 Å². The van der Waals surface area contributed by atoms with Crippen LogP contribution in [0.2, 0.25) is 0 Å². The van der Waals surface area contributed by atoms with E-state index in [4.69, 9.17) is 5.73 Å². The number of hydrogen-bond donors (Lipinski definition) is 1. The average Bonchev–Trinajstić information content (AvgIpc) is 2.27. The lowest BCUT2D eigenvalue weighted by molar-refractivity contribution is 0.0988. The Labute approximate surface area is 88.7 Å². The number of carbonyl (C=O) groups is 1. The summed E-state index contributed by atoms with van der Waals surface area (Å²) >= 11 is 0. The molecule has 2 aromatic carbocycles. The normalized spacial score (nSPS) is 10.5. The van der Waals surface area contributed by atoms with Gasteiger partial charge in [-0.05, 0) is 29.0 Å². The van der Waals surface area contributed by atoms with Crippen LogP contribution < -0.4 is 5.73 Å². The summed E-state index contributed by atoms with van der Waals surface area (Å²) in [6, 6.07) is 11.4. The monoisotopic (exact) mass is 199 g/mol. The molecule has 0 fully saturated rings. The molecule has 2 rings (SSSR count). The van der Waals surface area contributed by atoms with Crippen molar-refractivity contribution < 1.29 is 4.79 Å². The van der Waals surface area contributed by atoms with Gasteiger partial charge in [-0.25, -0.2) is 0 Å². The number of Topliss-reactive ketones (excluding diaryl/α,β-unsaturated/α-hetero) is 1. The van der Waals surface area contributed by atoms with Gasteiger partial charge in [0.05, 0.1) is 0 Å². The van der Waals surface area contributed by atoms with E-state index in [1.807, 2.05) is 43.3 Å². The number of rotatable bonds is 2. The zero-order chi connectivity index (χ0) is 10.8. The van der Waals surface area contributed by atoms with Gasteiger partial charge in [-0.2, -0.15) is 0 Å². The van der Waals surface area contributed by atoms with Crippen LogP contribution in [0.15, 0.2) is 36.4 Å². The van der Waals surface area contributed by atoms with Crippen molar-refractivity contribution in [3.8, 4) is 0 Å². The molecule has 0 aromatic heterocycles. The van der Waals surface area contributed by atoms with Crippen molar-refractivity contribution in [3.63, 3.8) is 0 Å².